The predicted octanol–water partition coefficient (Wildman–Crippen LogP) is 3.17. The van der Waals surface area contributed by atoms with E-state index in [-0.39, 0.29) is 23.5 Å². The Morgan fingerprint density at radius 3 is 2.12 bits per heavy atom. The third-order valence-corrected chi connectivity index (χ3v) is 6.18. The van der Waals surface area contributed by atoms with E-state index < -0.39 is 5.91 Å². The molecule has 0 saturated heterocycles. The lowest BCUT2D eigenvalue weighted by Crippen LogP contribution is -2.43. The van der Waals surface area contributed by atoms with E-state index in [9.17, 15) is 19.5 Å². The minimum Gasteiger partial charge on any atom is -0.494 e. The fourth-order valence-electron chi connectivity index (χ4n) is 4.30. The lowest BCUT2D eigenvalue weighted by Gasteiger charge is -2.35. The maximum atomic E-state index is 12.8. The largest absolute Gasteiger partial charge is 0.494 e. The highest BCUT2D eigenvalue weighted by molar-refractivity contribution is 6.13. The molecule has 2 aliphatic carbocycles. The van der Waals surface area contributed by atoms with Crippen molar-refractivity contribution in [3.8, 4) is 0 Å². The molecule has 2 saturated carbocycles. The Morgan fingerprint density at radius 1 is 1.00 bits per heavy atom. The Bertz CT molecular complexity index is 532. The second-order valence-electron chi connectivity index (χ2n) is 7.66. The van der Waals surface area contributed by atoms with E-state index in [2.05, 4.69) is 6.92 Å². The van der Waals surface area contributed by atoms with Crippen LogP contribution in [0.25, 0.3) is 0 Å². The van der Waals surface area contributed by atoms with Gasteiger partial charge in [-0.25, -0.2) is 0 Å². The Balaban J connectivity index is 2.13. The third kappa shape index (κ3) is 4.65. The van der Waals surface area contributed by atoms with Gasteiger partial charge in [0.25, 0.3) is 5.91 Å². The first kappa shape index (κ1) is 20.5. The molecule has 0 radical (unpaired) electrons. The average molecular weight is 364 g/mol. The second kappa shape index (κ2) is 9.74. The molecule has 26 heavy (non-hydrogen) atoms. The van der Waals surface area contributed by atoms with Crippen LogP contribution in [0.3, 0.4) is 0 Å². The van der Waals surface area contributed by atoms with E-state index >= 15 is 0 Å². The zero-order chi connectivity index (χ0) is 19.1. The van der Waals surface area contributed by atoms with Gasteiger partial charge in [0.15, 0.2) is 6.29 Å². The fraction of sp³-hybridized carbons (Fsp3) is 0.750. The van der Waals surface area contributed by atoms with Crippen molar-refractivity contribution in [2.75, 3.05) is 7.05 Å². The van der Waals surface area contributed by atoms with Crippen molar-refractivity contribution in [3.63, 3.8) is 0 Å². The summed E-state index contributed by atoms with van der Waals surface area (Å²) in [4.78, 5) is 38.7. The summed E-state index contributed by atoms with van der Waals surface area (Å²) in [5.74, 6) is -0.358. The highest BCUT2D eigenvalue weighted by atomic mass is 16.3. The zero-order valence-corrected chi connectivity index (χ0v) is 16.0. The molecule has 0 aliphatic heterocycles. The number of aliphatic hydroxyl groups is 1. The molecule has 6 heteroatoms. The van der Waals surface area contributed by atoms with Crippen molar-refractivity contribution in [2.45, 2.75) is 83.2 Å². The summed E-state index contributed by atoms with van der Waals surface area (Å²) in [7, 11) is 1.71. The summed E-state index contributed by atoms with van der Waals surface area (Å²) in [6.07, 6.45) is 10.7. The molecular formula is C20H32N2O4. The zero-order valence-electron chi connectivity index (χ0n) is 16.0. The Hall–Kier alpha value is -1.85. The molecule has 1 N–H and O–H groups in total. The van der Waals surface area contributed by atoms with Crippen LogP contribution in [0.1, 0.15) is 71.1 Å². The fourth-order valence-corrected chi connectivity index (χ4v) is 4.30. The lowest BCUT2D eigenvalue weighted by atomic mass is 9.84. The number of rotatable bonds is 7. The number of imide groups is 1. The third-order valence-electron chi connectivity index (χ3n) is 6.18. The quantitative estimate of drug-likeness (QED) is 0.247. The monoisotopic (exact) mass is 364 g/mol. The van der Waals surface area contributed by atoms with Crippen LogP contribution in [-0.2, 0) is 14.4 Å². The Kier molecular flexibility index (Phi) is 7.66. The van der Waals surface area contributed by atoms with E-state index in [0.29, 0.717) is 18.6 Å². The summed E-state index contributed by atoms with van der Waals surface area (Å²) in [6, 6.07) is -0.0679. The van der Waals surface area contributed by atoms with Gasteiger partial charge in [-0.1, -0.05) is 32.6 Å². The summed E-state index contributed by atoms with van der Waals surface area (Å²) in [5, 5.41) is 10.5. The van der Waals surface area contributed by atoms with Gasteiger partial charge < -0.3 is 10.0 Å². The molecule has 0 heterocycles. The lowest BCUT2D eigenvalue weighted by molar-refractivity contribution is -0.139. The minimum absolute atomic E-state index is 0.121. The Labute approximate surface area is 156 Å². The van der Waals surface area contributed by atoms with Crippen molar-refractivity contribution in [1.29, 1.82) is 0 Å². The van der Waals surface area contributed by atoms with Gasteiger partial charge in [-0.2, -0.15) is 0 Å². The molecule has 146 valence electrons. The number of hydrogen-bond acceptors (Lipinski definition) is 5. The van der Waals surface area contributed by atoms with Crippen molar-refractivity contribution in [1.82, 2.24) is 9.80 Å². The maximum absolute atomic E-state index is 12.8. The van der Waals surface area contributed by atoms with Gasteiger partial charge in [0.05, 0.1) is 0 Å². The first-order chi connectivity index (χ1) is 12.5. The minimum atomic E-state index is -0.685. The first-order valence-corrected chi connectivity index (χ1v) is 9.92. The molecule has 2 rings (SSSR count). The van der Waals surface area contributed by atoms with Crippen molar-refractivity contribution >= 4 is 18.6 Å². The van der Waals surface area contributed by atoms with Crippen LogP contribution in [0.5, 0.6) is 0 Å². The van der Waals surface area contributed by atoms with Gasteiger partial charge in [0, 0.05) is 19.1 Å². The van der Waals surface area contributed by atoms with Gasteiger partial charge in [-0.05, 0) is 44.4 Å². The number of amides is 2. The van der Waals surface area contributed by atoms with E-state index in [0.717, 1.165) is 62.7 Å². The standard InChI is InChI=1S/C20H32N2O4/c1-3-15-9-11-17(12-10-15)22(14-24)20(26)18(13-23)19(25)21(2)16-7-5-4-6-8-16/h13-17,25H,3-12H2,1-2H3/b19-18+. The van der Waals surface area contributed by atoms with Crippen LogP contribution >= 0.6 is 0 Å². The van der Waals surface area contributed by atoms with Crippen molar-refractivity contribution in [2.24, 2.45) is 5.92 Å². The van der Waals surface area contributed by atoms with Crippen LogP contribution in [0, 0.1) is 5.92 Å². The number of carbonyl (C=O) groups excluding carboxylic acids is 3. The summed E-state index contributed by atoms with van der Waals surface area (Å²) >= 11 is 0. The van der Waals surface area contributed by atoms with Gasteiger partial charge >= 0.3 is 0 Å². The molecule has 0 atom stereocenters. The summed E-state index contributed by atoms with van der Waals surface area (Å²) < 4.78 is 0. The molecule has 2 fully saturated rings. The molecule has 0 unspecified atom stereocenters. The van der Waals surface area contributed by atoms with Crippen molar-refractivity contribution < 1.29 is 19.5 Å². The number of aliphatic hydroxyl groups excluding tert-OH is 1. The number of carbonyl (C=O) groups is 3. The first-order valence-electron chi connectivity index (χ1n) is 9.92. The summed E-state index contributed by atoms with van der Waals surface area (Å²) in [5.41, 5.74) is -0.317. The maximum Gasteiger partial charge on any atom is 0.269 e. The highest BCUT2D eigenvalue weighted by Gasteiger charge is 2.32. The van der Waals surface area contributed by atoms with Gasteiger partial charge in [0.2, 0.25) is 12.3 Å². The number of aldehydes is 1. The molecule has 2 aliphatic rings. The van der Waals surface area contributed by atoms with Gasteiger partial charge in [0.1, 0.15) is 5.57 Å². The Morgan fingerprint density at radius 2 is 1.62 bits per heavy atom. The van der Waals surface area contributed by atoms with Crippen LogP contribution < -0.4 is 0 Å². The number of hydrogen-bond donors (Lipinski definition) is 1. The second-order valence-corrected chi connectivity index (χ2v) is 7.66. The molecular weight excluding hydrogens is 332 g/mol. The van der Waals surface area contributed by atoms with Gasteiger partial charge in [-0.15, -0.1) is 0 Å². The van der Waals surface area contributed by atoms with E-state index in [1.807, 2.05) is 0 Å². The molecule has 0 spiro atoms. The molecule has 0 bridgehead atoms. The van der Waals surface area contributed by atoms with Crippen LogP contribution in [0.4, 0.5) is 0 Å². The predicted molar refractivity (Wildman–Crippen MR) is 99.3 cm³/mol. The molecule has 0 aromatic rings. The van der Waals surface area contributed by atoms with E-state index in [1.54, 1.807) is 11.9 Å². The molecule has 0 aromatic heterocycles. The number of nitrogens with zero attached hydrogens (tertiary/aromatic N) is 2. The van der Waals surface area contributed by atoms with E-state index in [4.69, 9.17) is 0 Å². The molecule has 0 aromatic carbocycles. The highest BCUT2D eigenvalue weighted by Crippen LogP contribution is 2.30. The van der Waals surface area contributed by atoms with Crippen molar-refractivity contribution in [3.05, 3.63) is 11.5 Å². The van der Waals surface area contributed by atoms with E-state index in [1.165, 1.54) is 6.42 Å². The smallest absolute Gasteiger partial charge is 0.269 e. The SMILES string of the molecule is CCC1CCC(N(C=O)C(=O)/C(C=O)=C(/O)N(C)C2CCCCC2)CC1. The van der Waals surface area contributed by atoms with Crippen LogP contribution in [0.2, 0.25) is 0 Å². The van der Waals surface area contributed by atoms with Gasteiger partial charge in [-0.3, -0.25) is 19.3 Å². The van der Waals surface area contributed by atoms with Crippen LogP contribution in [-0.4, -0.2) is 52.6 Å². The van der Waals surface area contributed by atoms with Crippen LogP contribution in [0.15, 0.2) is 11.5 Å². The average Bonchev–Trinajstić information content (AvgIpc) is 2.69. The molecule has 6 nitrogen and oxygen atoms in total. The summed E-state index contributed by atoms with van der Waals surface area (Å²) in [6.45, 7) is 2.15. The topological polar surface area (TPSA) is 77.9 Å². The normalized spacial score (nSPS) is 25.2. The molecule has 2 amide bonds.